The van der Waals surface area contributed by atoms with Crippen molar-refractivity contribution in [1.29, 1.82) is 0 Å². The predicted octanol–water partition coefficient (Wildman–Crippen LogP) is 2.82. The molecular weight excluding hydrogens is 334 g/mol. The van der Waals surface area contributed by atoms with Gasteiger partial charge in [0.2, 0.25) is 0 Å². The Labute approximate surface area is 139 Å². The molecular formula is C16H17NO4S2. The van der Waals surface area contributed by atoms with Crippen LogP contribution in [0.25, 0.3) is 0 Å². The van der Waals surface area contributed by atoms with Crippen LogP contribution in [0.3, 0.4) is 0 Å². The van der Waals surface area contributed by atoms with Gasteiger partial charge in [-0.25, -0.2) is 8.42 Å². The highest BCUT2D eigenvalue weighted by Crippen LogP contribution is 2.37. The Balaban J connectivity index is 2.06. The van der Waals surface area contributed by atoms with Crippen LogP contribution in [0.1, 0.15) is 28.5 Å². The Bertz CT molecular complexity index is 841. The van der Waals surface area contributed by atoms with Crippen LogP contribution in [-0.2, 0) is 21.2 Å². The molecule has 3 rings (SSSR count). The van der Waals surface area contributed by atoms with Crippen molar-refractivity contribution in [2.24, 2.45) is 0 Å². The lowest BCUT2D eigenvalue weighted by Gasteiger charge is -2.35. The number of rotatable bonds is 4. The molecule has 0 fully saturated rings. The minimum atomic E-state index is -3.69. The maximum absolute atomic E-state index is 12.9. The van der Waals surface area contributed by atoms with Crippen molar-refractivity contribution < 1.29 is 18.3 Å². The molecule has 122 valence electrons. The van der Waals surface area contributed by atoms with Crippen LogP contribution >= 0.6 is 11.3 Å². The first-order valence-electron chi connectivity index (χ1n) is 7.27. The van der Waals surface area contributed by atoms with Gasteiger partial charge < -0.3 is 5.11 Å². The molecule has 2 heterocycles. The van der Waals surface area contributed by atoms with Crippen molar-refractivity contribution in [3.05, 3.63) is 52.4 Å². The number of hydrogen-bond donors (Lipinski definition) is 1. The number of fused-ring (bicyclic) bond motifs is 1. The van der Waals surface area contributed by atoms with E-state index in [2.05, 4.69) is 0 Å². The average molecular weight is 351 g/mol. The molecule has 23 heavy (non-hydrogen) atoms. The van der Waals surface area contributed by atoms with Gasteiger partial charge in [-0.15, -0.1) is 11.3 Å². The van der Waals surface area contributed by atoms with Gasteiger partial charge in [-0.3, -0.25) is 4.79 Å². The maximum Gasteiger partial charge on any atom is 0.305 e. The van der Waals surface area contributed by atoms with Gasteiger partial charge in [-0.2, -0.15) is 4.31 Å². The van der Waals surface area contributed by atoms with Crippen LogP contribution in [0, 0.1) is 6.92 Å². The van der Waals surface area contributed by atoms with E-state index < -0.39 is 22.0 Å². The van der Waals surface area contributed by atoms with Gasteiger partial charge in [-0.1, -0.05) is 24.3 Å². The molecule has 0 amide bonds. The number of nitrogens with zero attached hydrogens (tertiary/aromatic N) is 1. The molecule has 5 nitrogen and oxygen atoms in total. The van der Waals surface area contributed by atoms with E-state index in [1.165, 1.54) is 15.6 Å². The second-order valence-electron chi connectivity index (χ2n) is 5.54. The van der Waals surface area contributed by atoms with Gasteiger partial charge in [0.25, 0.3) is 10.0 Å². The van der Waals surface area contributed by atoms with Crippen LogP contribution in [0.15, 0.2) is 40.6 Å². The molecule has 0 saturated carbocycles. The summed E-state index contributed by atoms with van der Waals surface area (Å²) in [5.41, 5.74) is 1.81. The summed E-state index contributed by atoms with van der Waals surface area (Å²) in [6.45, 7) is 2.15. The SMILES string of the molecule is Cc1ccc(S(=O)(=O)N2CCc3ccccc3C2CC(=O)O)s1. The van der Waals surface area contributed by atoms with Gasteiger partial charge >= 0.3 is 5.97 Å². The van der Waals surface area contributed by atoms with E-state index in [4.69, 9.17) is 0 Å². The highest BCUT2D eigenvalue weighted by Gasteiger charge is 2.38. The largest absolute Gasteiger partial charge is 0.481 e. The van der Waals surface area contributed by atoms with E-state index in [0.29, 0.717) is 13.0 Å². The molecule has 0 aliphatic carbocycles. The van der Waals surface area contributed by atoms with Crippen molar-refractivity contribution in [3.63, 3.8) is 0 Å². The van der Waals surface area contributed by atoms with E-state index in [9.17, 15) is 18.3 Å². The van der Waals surface area contributed by atoms with Crippen molar-refractivity contribution in [3.8, 4) is 0 Å². The van der Waals surface area contributed by atoms with Crippen molar-refractivity contribution in [2.45, 2.75) is 30.0 Å². The third kappa shape index (κ3) is 3.04. The number of carboxylic acids is 1. The summed E-state index contributed by atoms with van der Waals surface area (Å²) in [5.74, 6) is -1.01. The quantitative estimate of drug-likeness (QED) is 0.919. The predicted molar refractivity (Wildman–Crippen MR) is 88.1 cm³/mol. The summed E-state index contributed by atoms with van der Waals surface area (Å²) < 4.78 is 27.5. The zero-order chi connectivity index (χ0) is 16.6. The minimum absolute atomic E-state index is 0.236. The lowest BCUT2D eigenvalue weighted by molar-refractivity contribution is -0.138. The number of thiophene rings is 1. The molecule has 2 aromatic rings. The van der Waals surface area contributed by atoms with Crippen LogP contribution in [0.2, 0.25) is 0 Å². The van der Waals surface area contributed by atoms with Crippen LogP contribution in [-0.4, -0.2) is 30.3 Å². The fourth-order valence-electron chi connectivity index (χ4n) is 2.96. The minimum Gasteiger partial charge on any atom is -0.481 e. The van der Waals surface area contributed by atoms with Gasteiger partial charge in [0, 0.05) is 11.4 Å². The zero-order valence-corrected chi connectivity index (χ0v) is 14.2. The summed E-state index contributed by atoms with van der Waals surface area (Å²) in [6, 6.07) is 10.2. The molecule has 7 heteroatoms. The summed E-state index contributed by atoms with van der Waals surface area (Å²) in [5, 5.41) is 9.23. The summed E-state index contributed by atoms with van der Waals surface area (Å²) in [4.78, 5) is 12.2. The lowest BCUT2D eigenvalue weighted by Crippen LogP contribution is -2.40. The molecule has 1 aliphatic rings. The molecule has 0 saturated heterocycles. The van der Waals surface area contributed by atoms with Crippen molar-refractivity contribution in [2.75, 3.05) is 6.54 Å². The van der Waals surface area contributed by atoms with Crippen molar-refractivity contribution >= 4 is 27.3 Å². The Morgan fingerprint density at radius 1 is 1.30 bits per heavy atom. The number of aryl methyl sites for hydroxylation is 1. The number of sulfonamides is 1. The van der Waals surface area contributed by atoms with Gasteiger partial charge in [0.1, 0.15) is 4.21 Å². The van der Waals surface area contributed by atoms with E-state index in [0.717, 1.165) is 16.0 Å². The fraction of sp³-hybridized carbons (Fsp3) is 0.312. The lowest BCUT2D eigenvalue weighted by atomic mass is 9.92. The topological polar surface area (TPSA) is 74.7 Å². The number of benzene rings is 1. The highest BCUT2D eigenvalue weighted by atomic mass is 32.2. The Morgan fingerprint density at radius 3 is 2.70 bits per heavy atom. The third-order valence-corrected chi connectivity index (χ3v) is 7.39. The maximum atomic E-state index is 12.9. The third-order valence-electron chi connectivity index (χ3n) is 4.01. The molecule has 0 bridgehead atoms. The molecule has 1 aromatic heterocycles. The van der Waals surface area contributed by atoms with Crippen LogP contribution in [0.4, 0.5) is 0 Å². The number of carbonyl (C=O) groups is 1. The Kier molecular flexibility index (Phi) is 4.27. The molecule has 0 spiro atoms. The summed E-state index contributed by atoms with van der Waals surface area (Å²) >= 11 is 1.21. The van der Waals surface area contributed by atoms with Gasteiger partial charge in [-0.05, 0) is 36.6 Å². The highest BCUT2D eigenvalue weighted by molar-refractivity contribution is 7.91. The first kappa shape index (κ1) is 16.2. The smallest absolute Gasteiger partial charge is 0.305 e. The molecule has 1 N–H and O–H groups in total. The monoisotopic (exact) mass is 351 g/mol. The Morgan fingerprint density at radius 2 is 2.04 bits per heavy atom. The first-order valence-corrected chi connectivity index (χ1v) is 9.53. The molecule has 1 aliphatic heterocycles. The van der Waals surface area contributed by atoms with Gasteiger partial charge in [0.05, 0.1) is 12.5 Å². The standard InChI is InChI=1S/C16H17NO4S2/c1-11-6-7-16(22-11)23(20,21)17-9-8-12-4-2-3-5-13(12)14(17)10-15(18)19/h2-7,14H,8-10H2,1H3,(H,18,19). The second-order valence-corrected chi connectivity index (χ2v) is 8.95. The van der Waals surface area contributed by atoms with E-state index >= 15 is 0 Å². The number of hydrogen-bond acceptors (Lipinski definition) is 4. The average Bonchev–Trinajstić information content (AvgIpc) is 2.94. The molecule has 0 radical (unpaired) electrons. The van der Waals surface area contributed by atoms with E-state index in [-0.39, 0.29) is 10.6 Å². The zero-order valence-electron chi connectivity index (χ0n) is 12.6. The Hall–Kier alpha value is -1.70. The normalized spacial score (nSPS) is 18.6. The van der Waals surface area contributed by atoms with E-state index in [1.54, 1.807) is 12.1 Å². The molecule has 1 unspecified atom stereocenters. The first-order chi connectivity index (χ1) is 10.9. The molecule has 1 aromatic carbocycles. The van der Waals surface area contributed by atoms with Crippen LogP contribution in [0.5, 0.6) is 0 Å². The fourth-order valence-corrected chi connectivity index (χ4v) is 5.98. The summed E-state index contributed by atoms with van der Waals surface area (Å²) in [6.07, 6.45) is 0.358. The molecule has 1 atom stereocenters. The number of carboxylic acid groups (broad SMARTS) is 1. The number of aliphatic carboxylic acids is 1. The van der Waals surface area contributed by atoms with Gasteiger partial charge in [0.15, 0.2) is 0 Å². The van der Waals surface area contributed by atoms with Crippen molar-refractivity contribution in [1.82, 2.24) is 4.31 Å². The summed E-state index contributed by atoms with van der Waals surface area (Å²) in [7, 11) is -3.69. The van der Waals surface area contributed by atoms with Crippen LogP contribution < -0.4 is 0 Å². The second kappa shape index (κ2) is 6.07. The van der Waals surface area contributed by atoms with E-state index in [1.807, 2.05) is 31.2 Å².